The van der Waals surface area contributed by atoms with Crippen LogP contribution in [0.5, 0.6) is 0 Å². The van der Waals surface area contributed by atoms with Crippen LogP contribution in [0.4, 0.5) is 10.5 Å². The van der Waals surface area contributed by atoms with Crippen molar-refractivity contribution in [2.24, 2.45) is 4.99 Å². The Morgan fingerprint density at radius 3 is 2.63 bits per heavy atom. The summed E-state index contributed by atoms with van der Waals surface area (Å²) in [5.41, 5.74) is 3.14. The normalized spacial score (nSPS) is 25.9. The molecule has 1 aromatic carbocycles. The van der Waals surface area contributed by atoms with Gasteiger partial charge in [0.25, 0.3) is 5.91 Å². The fourth-order valence-corrected chi connectivity index (χ4v) is 4.71. The molecule has 0 spiro atoms. The van der Waals surface area contributed by atoms with Crippen molar-refractivity contribution in [3.8, 4) is 0 Å². The monoisotopic (exact) mass is 412 g/mol. The summed E-state index contributed by atoms with van der Waals surface area (Å²) in [7, 11) is 1.77. The molecule has 0 aliphatic carbocycles. The summed E-state index contributed by atoms with van der Waals surface area (Å²) >= 11 is 0. The molecule has 4 heterocycles. The number of hydrogen-bond acceptors (Lipinski definition) is 5. The summed E-state index contributed by atoms with van der Waals surface area (Å²) in [6.45, 7) is 6.49. The number of likely N-dealkylation sites (tertiary alicyclic amines) is 2. The Hall–Kier alpha value is -2.45. The third kappa shape index (κ3) is 3.48. The Kier molecular flexibility index (Phi) is 4.78. The van der Waals surface area contributed by atoms with Gasteiger partial charge in [-0.05, 0) is 31.0 Å². The minimum atomic E-state index is -0.256. The molecule has 3 saturated heterocycles. The zero-order valence-corrected chi connectivity index (χ0v) is 17.5. The van der Waals surface area contributed by atoms with Gasteiger partial charge < -0.3 is 24.2 Å². The molecule has 4 aliphatic heterocycles. The van der Waals surface area contributed by atoms with Crippen molar-refractivity contribution in [1.82, 2.24) is 9.80 Å². The van der Waals surface area contributed by atoms with E-state index in [1.54, 1.807) is 12.0 Å². The van der Waals surface area contributed by atoms with Gasteiger partial charge >= 0.3 is 6.03 Å². The van der Waals surface area contributed by atoms with E-state index in [-0.39, 0.29) is 30.3 Å². The molecule has 0 radical (unpaired) electrons. The van der Waals surface area contributed by atoms with Gasteiger partial charge in [-0.3, -0.25) is 4.79 Å². The standard InChI is InChI=1S/C22H28N4O4/c1-22(29-2)13-26(14-22)17-5-3-15(4-6-17)16-9-25(10-16)21(28)24-8-7-19-18(11-24)23-20(27)12-30-19/h3-6,16,19H,7-14H2,1-2H3/t19-/m0/s1. The Labute approximate surface area is 176 Å². The van der Waals surface area contributed by atoms with Gasteiger partial charge in [0.05, 0.1) is 24.0 Å². The van der Waals surface area contributed by atoms with Crippen LogP contribution in [0.15, 0.2) is 29.3 Å². The first-order valence-corrected chi connectivity index (χ1v) is 10.6. The van der Waals surface area contributed by atoms with Crippen molar-refractivity contribution < 1.29 is 19.1 Å². The van der Waals surface area contributed by atoms with E-state index in [0.29, 0.717) is 31.1 Å². The molecule has 8 nitrogen and oxygen atoms in total. The first-order valence-electron chi connectivity index (χ1n) is 10.6. The Bertz CT molecular complexity index is 872. The SMILES string of the molecule is COC1(C)CN(c2ccc(C3CN(C(=O)N4CC[C@@H]5OCC(=O)N=C5C4)C3)cc2)C1. The third-order valence-corrected chi connectivity index (χ3v) is 6.76. The van der Waals surface area contributed by atoms with Crippen LogP contribution in [0.25, 0.3) is 0 Å². The maximum absolute atomic E-state index is 12.8. The number of aliphatic imine (C=N–C) groups is 1. The van der Waals surface area contributed by atoms with Crippen molar-refractivity contribution in [2.75, 3.05) is 57.9 Å². The van der Waals surface area contributed by atoms with Crippen LogP contribution < -0.4 is 4.90 Å². The predicted molar refractivity (Wildman–Crippen MR) is 112 cm³/mol. The van der Waals surface area contributed by atoms with E-state index in [2.05, 4.69) is 41.1 Å². The van der Waals surface area contributed by atoms with Gasteiger partial charge in [-0.1, -0.05) is 12.1 Å². The topological polar surface area (TPSA) is 74.7 Å². The molecule has 0 unspecified atom stereocenters. The number of urea groups is 1. The molecule has 1 atom stereocenters. The van der Waals surface area contributed by atoms with E-state index in [4.69, 9.17) is 9.47 Å². The molecule has 1 aromatic rings. The second kappa shape index (κ2) is 7.35. The van der Waals surface area contributed by atoms with Crippen molar-refractivity contribution in [1.29, 1.82) is 0 Å². The number of hydrogen-bond donors (Lipinski definition) is 0. The lowest BCUT2D eigenvalue weighted by atomic mass is 9.90. The van der Waals surface area contributed by atoms with E-state index in [9.17, 15) is 9.59 Å². The number of amides is 3. The molecule has 0 N–H and O–H groups in total. The number of methoxy groups -OCH3 is 1. The molecule has 3 amide bonds. The molecule has 5 rings (SSSR count). The molecule has 0 saturated carbocycles. The number of benzene rings is 1. The first kappa shape index (κ1) is 19.5. The lowest BCUT2D eigenvalue weighted by Crippen LogP contribution is -2.61. The number of piperidine rings is 1. The van der Waals surface area contributed by atoms with Crippen LogP contribution in [0.2, 0.25) is 0 Å². The number of ether oxygens (including phenoxy) is 2. The van der Waals surface area contributed by atoms with Crippen LogP contribution in [0.3, 0.4) is 0 Å². The quantitative estimate of drug-likeness (QED) is 0.752. The summed E-state index contributed by atoms with van der Waals surface area (Å²) in [5, 5.41) is 0. The highest BCUT2D eigenvalue weighted by Crippen LogP contribution is 2.33. The zero-order chi connectivity index (χ0) is 20.9. The zero-order valence-electron chi connectivity index (χ0n) is 17.5. The lowest BCUT2D eigenvalue weighted by molar-refractivity contribution is -0.125. The van der Waals surface area contributed by atoms with E-state index in [1.165, 1.54) is 11.3 Å². The number of nitrogens with zero attached hydrogens (tertiary/aromatic N) is 4. The first-order chi connectivity index (χ1) is 14.4. The van der Waals surface area contributed by atoms with Crippen LogP contribution in [-0.4, -0.2) is 92.1 Å². The van der Waals surface area contributed by atoms with E-state index >= 15 is 0 Å². The summed E-state index contributed by atoms with van der Waals surface area (Å²) in [5.74, 6) is 0.117. The average molecular weight is 412 g/mol. The van der Waals surface area contributed by atoms with Gasteiger partial charge in [-0.15, -0.1) is 0 Å². The smallest absolute Gasteiger partial charge is 0.320 e. The van der Waals surface area contributed by atoms with E-state index in [1.807, 2.05) is 4.90 Å². The van der Waals surface area contributed by atoms with Crippen molar-refractivity contribution in [3.63, 3.8) is 0 Å². The molecule has 8 heteroatoms. The summed E-state index contributed by atoms with van der Waals surface area (Å²) in [6, 6.07) is 8.71. The molecule has 0 aromatic heterocycles. The van der Waals surface area contributed by atoms with Gasteiger partial charge in [-0.25, -0.2) is 9.79 Å². The maximum atomic E-state index is 12.8. The minimum absolute atomic E-state index is 0.0291. The van der Waals surface area contributed by atoms with Crippen LogP contribution in [-0.2, 0) is 14.3 Å². The largest absolute Gasteiger partial charge is 0.375 e. The predicted octanol–water partition coefficient (Wildman–Crippen LogP) is 1.50. The molecule has 30 heavy (non-hydrogen) atoms. The fourth-order valence-electron chi connectivity index (χ4n) is 4.71. The second-order valence-corrected chi connectivity index (χ2v) is 8.99. The Balaban J connectivity index is 1.14. The van der Waals surface area contributed by atoms with Crippen molar-refractivity contribution in [2.45, 2.75) is 31.0 Å². The van der Waals surface area contributed by atoms with Crippen molar-refractivity contribution in [3.05, 3.63) is 29.8 Å². The third-order valence-electron chi connectivity index (χ3n) is 6.76. The van der Waals surface area contributed by atoms with Crippen LogP contribution >= 0.6 is 0 Å². The average Bonchev–Trinajstić information content (AvgIpc) is 2.70. The number of anilines is 1. The van der Waals surface area contributed by atoms with Gasteiger partial charge in [0.2, 0.25) is 0 Å². The molecular weight excluding hydrogens is 384 g/mol. The summed E-state index contributed by atoms with van der Waals surface area (Å²) < 4.78 is 11.0. The fraction of sp³-hybridized carbons (Fsp3) is 0.591. The molecule has 160 valence electrons. The summed E-state index contributed by atoms with van der Waals surface area (Å²) in [6.07, 6.45) is 0.595. The van der Waals surface area contributed by atoms with Gasteiger partial charge in [0.1, 0.15) is 6.61 Å². The Morgan fingerprint density at radius 2 is 1.93 bits per heavy atom. The highest BCUT2D eigenvalue weighted by molar-refractivity contribution is 6.03. The number of fused-ring (bicyclic) bond motifs is 1. The molecule has 3 fully saturated rings. The highest BCUT2D eigenvalue weighted by atomic mass is 16.5. The van der Waals surface area contributed by atoms with Crippen molar-refractivity contribution >= 4 is 23.3 Å². The second-order valence-electron chi connectivity index (χ2n) is 8.99. The number of carbonyl (C=O) groups excluding carboxylic acids is 2. The Morgan fingerprint density at radius 1 is 1.20 bits per heavy atom. The van der Waals surface area contributed by atoms with Crippen LogP contribution in [0.1, 0.15) is 24.8 Å². The van der Waals surface area contributed by atoms with Gasteiger partial charge in [0.15, 0.2) is 0 Å². The van der Waals surface area contributed by atoms with Crippen LogP contribution in [0, 0.1) is 0 Å². The minimum Gasteiger partial charge on any atom is -0.375 e. The maximum Gasteiger partial charge on any atom is 0.320 e. The summed E-state index contributed by atoms with van der Waals surface area (Å²) in [4.78, 5) is 34.4. The lowest BCUT2D eigenvalue weighted by Gasteiger charge is -2.48. The van der Waals surface area contributed by atoms with Gasteiger partial charge in [-0.2, -0.15) is 0 Å². The van der Waals surface area contributed by atoms with E-state index in [0.717, 1.165) is 26.2 Å². The number of rotatable bonds is 3. The highest BCUT2D eigenvalue weighted by Gasteiger charge is 2.40. The van der Waals surface area contributed by atoms with Gasteiger partial charge in [0, 0.05) is 51.4 Å². The molecule has 4 aliphatic rings. The van der Waals surface area contributed by atoms with E-state index < -0.39 is 0 Å². The molecular formula is C22H28N4O4. The molecule has 0 bridgehead atoms. The number of carbonyl (C=O) groups is 2.